The number of benzene rings is 2. The number of amides is 2. The van der Waals surface area contributed by atoms with Gasteiger partial charge in [0.2, 0.25) is 5.91 Å². The number of fused-ring (bicyclic) bond motifs is 1. The lowest BCUT2D eigenvalue weighted by molar-refractivity contribution is -0.141. The van der Waals surface area contributed by atoms with Crippen molar-refractivity contribution in [3.63, 3.8) is 0 Å². The number of anilines is 1. The number of hydrogen-bond acceptors (Lipinski definition) is 3. The van der Waals surface area contributed by atoms with E-state index in [9.17, 15) is 9.59 Å². The Kier molecular flexibility index (Phi) is 6.14. The third kappa shape index (κ3) is 4.24. The Hall–Kier alpha value is -3.12. The summed E-state index contributed by atoms with van der Waals surface area (Å²) in [4.78, 5) is 27.6. The number of rotatable bonds is 7. The molecule has 1 unspecified atom stereocenters. The molecule has 0 radical (unpaired) electrons. The maximum atomic E-state index is 13.3. The fourth-order valence-electron chi connectivity index (χ4n) is 4.08. The van der Waals surface area contributed by atoms with Gasteiger partial charge >= 0.3 is 0 Å². The zero-order valence-corrected chi connectivity index (χ0v) is 17.2. The van der Waals surface area contributed by atoms with E-state index in [1.54, 1.807) is 12.0 Å². The summed E-state index contributed by atoms with van der Waals surface area (Å²) >= 11 is 0. The first-order valence-corrected chi connectivity index (χ1v) is 10.4. The van der Waals surface area contributed by atoms with Crippen LogP contribution in [0.3, 0.4) is 0 Å². The minimum atomic E-state index is -0.624. The molecule has 30 heavy (non-hydrogen) atoms. The van der Waals surface area contributed by atoms with E-state index >= 15 is 0 Å². The summed E-state index contributed by atoms with van der Waals surface area (Å²) in [7, 11) is 1.69. The second-order valence-electron chi connectivity index (χ2n) is 7.62. The Balaban J connectivity index is 1.58. The Labute approximate surface area is 176 Å². The van der Waals surface area contributed by atoms with Crippen LogP contribution in [0.25, 0.3) is 10.9 Å². The number of aromatic nitrogens is 1. The van der Waals surface area contributed by atoms with E-state index in [0.29, 0.717) is 19.6 Å². The minimum Gasteiger partial charge on any atom is -0.383 e. The fourth-order valence-corrected chi connectivity index (χ4v) is 4.08. The Morgan fingerprint density at radius 2 is 1.97 bits per heavy atom. The Morgan fingerprint density at radius 3 is 2.73 bits per heavy atom. The average molecular weight is 405 g/mol. The van der Waals surface area contributed by atoms with Crippen molar-refractivity contribution >= 4 is 28.4 Å². The fraction of sp³-hybridized carbons (Fsp3) is 0.333. The molecule has 0 aliphatic carbocycles. The van der Waals surface area contributed by atoms with Crippen LogP contribution in [0.1, 0.15) is 30.9 Å². The molecule has 0 saturated carbocycles. The molecule has 4 rings (SSSR count). The quantitative estimate of drug-likeness (QED) is 0.647. The van der Waals surface area contributed by atoms with Crippen molar-refractivity contribution in [2.45, 2.75) is 31.8 Å². The van der Waals surface area contributed by atoms with Crippen LogP contribution in [-0.2, 0) is 20.9 Å². The lowest BCUT2D eigenvalue weighted by Crippen LogP contribution is -2.43. The van der Waals surface area contributed by atoms with Crippen molar-refractivity contribution in [3.05, 3.63) is 66.4 Å². The van der Waals surface area contributed by atoms with Crippen molar-refractivity contribution in [2.75, 3.05) is 25.6 Å². The smallest absolute Gasteiger partial charge is 0.251 e. The number of carbonyl (C=O) groups excluding carboxylic acids is 2. The molecule has 1 aliphatic rings. The van der Waals surface area contributed by atoms with Gasteiger partial charge in [0.1, 0.15) is 6.04 Å². The van der Waals surface area contributed by atoms with Crippen LogP contribution in [-0.4, -0.2) is 41.5 Å². The summed E-state index contributed by atoms with van der Waals surface area (Å²) in [5.41, 5.74) is 2.65. The summed E-state index contributed by atoms with van der Waals surface area (Å²) in [6.45, 7) is 2.02. The van der Waals surface area contributed by atoms with Crippen molar-refractivity contribution in [1.29, 1.82) is 0 Å². The predicted molar refractivity (Wildman–Crippen MR) is 117 cm³/mol. The van der Waals surface area contributed by atoms with Gasteiger partial charge in [-0.25, -0.2) is 0 Å². The number of hydrogen-bond donors (Lipinski definition) is 1. The summed E-state index contributed by atoms with van der Waals surface area (Å²) in [6.07, 6.45) is 4.32. The molecule has 1 aliphatic heterocycles. The SMILES string of the molecule is COCCn1ccc2cc(NC(=O)C(c3ccccc3)N3CCCCC3=O)ccc21. The third-order valence-corrected chi connectivity index (χ3v) is 5.61. The summed E-state index contributed by atoms with van der Waals surface area (Å²) in [5.74, 6) is -0.148. The largest absolute Gasteiger partial charge is 0.383 e. The van der Waals surface area contributed by atoms with Crippen LogP contribution in [0.15, 0.2) is 60.8 Å². The van der Waals surface area contributed by atoms with Crippen LogP contribution in [0.4, 0.5) is 5.69 Å². The molecule has 1 fully saturated rings. The standard InChI is InChI=1S/C24H27N3O3/c1-30-16-15-26-14-12-19-17-20(10-11-21(19)26)25-24(29)23(18-7-3-2-4-8-18)27-13-6-5-9-22(27)28/h2-4,7-8,10-12,14,17,23H,5-6,9,13,15-16H2,1H3,(H,25,29). The monoisotopic (exact) mass is 405 g/mol. The number of likely N-dealkylation sites (tertiary alicyclic amines) is 1. The van der Waals surface area contributed by atoms with Crippen LogP contribution in [0.5, 0.6) is 0 Å². The van der Waals surface area contributed by atoms with Gasteiger partial charge in [0.15, 0.2) is 0 Å². The van der Waals surface area contributed by atoms with Gasteiger partial charge in [0.05, 0.1) is 6.61 Å². The number of ether oxygens (including phenoxy) is 1. The number of methoxy groups -OCH3 is 1. The second-order valence-corrected chi connectivity index (χ2v) is 7.62. The van der Waals surface area contributed by atoms with E-state index in [4.69, 9.17) is 4.74 Å². The van der Waals surface area contributed by atoms with E-state index < -0.39 is 6.04 Å². The minimum absolute atomic E-state index is 0.0379. The molecule has 6 nitrogen and oxygen atoms in total. The highest BCUT2D eigenvalue weighted by atomic mass is 16.5. The molecule has 1 N–H and O–H groups in total. The maximum absolute atomic E-state index is 13.3. The van der Waals surface area contributed by atoms with Gasteiger partial charge in [-0.1, -0.05) is 30.3 Å². The average Bonchev–Trinajstić information content (AvgIpc) is 3.17. The topological polar surface area (TPSA) is 63.6 Å². The highest BCUT2D eigenvalue weighted by Crippen LogP contribution is 2.28. The van der Waals surface area contributed by atoms with E-state index in [1.807, 2.05) is 60.8 Å². The first kappa shape index (κ1) is 20.2. The second kappa shape index (κ2) is 9.13. The molecular formula is C24H27N3O3. The summed E-state index contributed by atoms with van der Waals surface area (Å²) < 4.78 is 7.29. The van der Waals surface area contributed by atoms with E-state index in [1.165, 1.54) is 0 Å². The van der Waals surface area contributed by atoms with Gasteiger partial charge in [-0.2, -0.15) is 0 Å². The summed E-state index contributed by atoms with van der Waals surface area (Å²) in [6, 6.07) is 16.8. The van der Waals surface area contributed by atoms with Crippen molar-refractivity contribution in [3.8, 4) is 0 Å². The molecule has 1 saturated heterocycles. The maximum Gasteiger partial charge on any atom is 0.251 e. The number of nitrogens with one attached hydrogen (secondary N) is 1. The Morgan fingerprint density at radius 1 is 1.13 bits per heavy atom. The molecule has 6 heteroatoms. The van der Waals surface area contributed by atoms with Gasteiger partial charge in [-0.15, -0.1) is 0 Å². The van der Waals surface area contributed by atoms with Crippen molar-refractivity contribution in [1.82, 2.24) is 9.47 Å². The summed E-state index contributed by atoms with van der Waals surface area (Å²) in [5, 5.41) is 4.09. The van der Waals surface area contributed by atoms with Crippen molar-refractivity contribution < 1.29 is 14.3 Å². The number of carbonyl (C=O) groups is 2. The Bertz CT molecular complexity index is 1030. The molecule has 2 aromatic carbocycles. The lowest BCUT2D eigenvalue weighted by atomic mass is 10.0. The molecule has 0 spiro atoms. The number of piperidine rings is 1. The van der Waals surface area contributed by atoms with Crippen LogP contribution in [0.2, 0.25) is 0 Å². The van der Waals surface area contributed by atoms with Gasteiger partial charge in [-0.3, -0.25) is 9.59 Å². The molecule has 2 heterocycles. The van der Waals surface area contributed by atoms with Gasteiger partial charge in [0.25, 0.3) is 5.91 Å². The number of nitrogens with zero attached hydrogens (tertiary/aromatic N) is 2. The molecule has 0 bridgehead atoms. The van der Waals surface area contributed by atoms with E-state index in [0.717, 1.165) is 41.5 Å². The molecule has 2 amide bonds. The van der Waals surface area contributed by atoms with E-state index in [2.05, 4.69) is 9.88 Å². The molecule has 156 valence electrons. The van der Waals surface area contributed by atoms with Gasteiger partial charge in [-0.05, 0) is 42.7 Å². The van der Waals surface area contributed by atoms with E-state index in [-0.39, 0.29) is 11.8 Å². The van der Waals surface area contributed by atoms with Crippen LogP contribution >= 0.6 is 0 Å². The molecular weight excluding hydrogens is 378 g/mol. The zero-order valence-electron chi connectivity index (χ0n) is 17.2. The van der Waals surface area contributed by atoms with Crippen molar-refractivity contribution in [2.24, 2.45) is 0 Å². The first-order chi connectivity index (χ1) is 14.7. The third-order valence-electron chi connectivity index (χ3n) is 5.61. The van der Waals surface area contributed by atoms with Gasteiger partial charge < -0.3 is 19.5 Å². The highest BCUT2D eigenvalue weighted by molar-refractivity contribution is 5.99. The highest BCUT2D eigenvalue weighted by Gasteiger charge is 2.32. The predicted octanol–water partition coefficient (Wildman–Crippen LogP) is 3.98. The van der Waals surface area contributed by atoms with Gasteiger partial charge in [0, 0.05) is 49.4 Å². The lowest BCUT2D eigenvalue weighted by Gasteiger charge is -2.34. The van der Waals surface area contributed by atoms with Crippen LogP contribution < -0.4 is 5.32 Å². The van der Waals surface area contributed by atoms with Crippen LogP contribution in [0, 0.1) is 0 Å². The molecule has 3 aromatic rings. The normalized spacial score (nSPS) is 15.4. The molecule has 1 aromatic heterocycles. The molecule has 1 atom stereocenters. The first-order valence-electron chi connectivity index (χ1n) is 10.4. The zero-order chi connectivity index (χ0) is 20.9.